The third-order valence-corrected chi connectivity index (χ3v) is 2.08. The molecular weight excluding hydrogens is 156 g/mol. The van der Waals surface area contributed by atoms with Crippen LogP contribution in [-0.2, 0) is 0 Å². The molecule has 0 aliphatic carbocycles. The molecule has 0 radical (unpaired) electrons. The van der Waals surface area contributed by atoms with Gasteiger partial charge in [0.05, 0.1) is 0 Å². The second kappa shape index (κ2) is 3.49. The van der Waals surface area contributed by atoms with Gasteiger partial charge >= 0.3 is 0 Å². The molecule has 1 nitrogen and oxygen atoms in total. The molecule has 1 aromatic carbocycles. The fourth-order valence-electron chi connectivity index (χ4n) is 0.797. The van der Waals surface area contributed by atoms with Crippen molar-refractivity contribution in [2.24, 2.45) is 0 Å². The lowest BCUT2D eigenvalue weighted by Gasteiger charge is -1.99. The van der Waals surface area contributed by atoms with Crippen LogP contribution >= 0.6 is 11.8 Å². The molecular formula is C9H10OS. The number of aromatic hydroxyl groups is 1. The molecule has 1 N–H and O–H groups in total. The standard InChI is InChI=1S/C9H10OS/c1-3-11-8-4-5-9(10)7(2)6-8/h3-6,10H,1H2,2H3. The van der Waals surface area contributed by atoms with Crippen molar-refractivity contribution >= 4 is 11.8 Å². The molecule has 0 saturated heterocycles. The number of thioether (sulfide) groups is 1. The first-order chi connectivity index (χ1) is 5.24. The molecule has 0 saturated carbocycles. The van der Waals surface area contributed by atoms with E-state index in [-0.39, 0.29) is 0 Å². The van der Waals surface area contributed by atoms with E-state index < -0.39 is 0 Å². The molecule has 0 aromatic heterocycles. The van der Waals surface area contributed by atoms with E-state index in [1.807, 2.05) is 19.1 Å². The van der Waals surface area contributed by atoms with Crippen LogP contribution in [0.5, 0.6) is 5.75 Å². The molecule has 0 atom stereocenters. The van der Waals surface area contributed by atoms with Gasteiger partial charge in [-0.05, 0) is 36.1 Å². The van der Waals surface area contributed by atoms with Crippen molar-refractivity contribution in [3.8, 4) is 5.75 Å². The average Bonchev–Trinajstić information content (AvgIpc) is 1.98. The minimum atomic E-state index is 0.346. The highest BCUT2D eigenvalue weighted by Gasteiger charge is 1.95. The summed E-state index contributed by atoms with van der Waals surface area (Å²) in [6.07, 6.45) is 0. The van der Waals surface area contributed by atoms with Gasteiger partial charge in [-0.1, -0.05) is 18.3 Å². The van der Waals surface area contributed by atoms with E-state index in [1.165, 1.54) is 0 Å². The van der Waals surface area contributed by atoms with E-state index in [9.17, 15) is 5.11 Å². The third kappa shape index (κ3) is 2.02. The van der Waals surface area contributed by atoms with Crippen LogP contribution in [0.2, 0.25) is 0 Å². The largest absolute Gasteiger partial charge is 0.508 e. The van der Waals surface area contributed by atoms with Crippen molar-refractivity contribution in [2.75, 3.05) is 0 Å². The van der Waals surface area contributed by atoms with Gasteiger partial charge in [0.15, 0.2) is 0 Å². The van der Waals surface area contributed by atoms with E-state index >= 15 is 0 Å². The highest BCUT2D eigenvalue weighted by molar-refractivity contribution is 8.02. The summed E-state index contributed by atoms with van der Waals surface area (Å²) < 4.78 is 0. The highest BCUT2D eigenvalue weighted by Crippen LogP contribution is 2.24. The quantitative estimate of drug-likeness (QED) is 0.682. The zero-order valence-electron chi connectivity index (χ0n) is 6.37. The number of phenols is 1. The smallest absolute Gasteiger partial charge is 0.118 e. The first-order valence-electron chi connectivity index (χ1n) is 3.31. The lowest BCUT2D eigenvalue weighted by atomic mass is 10.2. The predicted molar refractivity (Wildman–Crippen MR) is 48.9 cm³/mol. The molecule has 0 aliphatic rings. The zero-order valence-corrected chi connectivity index (χ0v) is 7.19. The highest BCUT2D eigenvalue weighted by atomic mass is 32.2. The van der Waals surface area contributed by atoms with E-state index in [0.29, 0.717) is 5.75 Å². The van der Waals surface area contributed by atoms with E-state index in [0.717, 1.165) is 10.5 Å². The Morgan fingerprint density at radius 3 is 2.82 bits per heavy atom. The minimum absolute atomic E-state index is 0.346. The third-order valence-electron chi connectivity index (χ3n) is 1.39. The summed E-state index contributed by atoms with van der Waals surface area (Å²) in [7, 11) is 0. The predicted octanol–water partition coefficient (Wildman–Crippen LogP) is 2.94. The second-order valence-corrected chi connectivity index (χ2v) is 3.27. The summed E-state index contributed by atoms with van der Waals surface area (Å²) >= 11 is 1.55. The summed E-state index contributed by atoms with van der Waals surface area (Å²) in [5.74, 6) is 0.346. The fraction of sp³-hybridized carbons (Fsp3) is 0.111. The lowest BCUT2D eigenvalue weighted by molar-refractivity contribution is 0.470. The Kier molecular flexibility index (Phi) is 2.60. The van der Waals surface area contributed by atoms with Gasteiger partial charge in [-0.2, -0.15) is 0 Å². The fourth-order valence-corrected chi connectivity index (χ4v) is 1.38. The van der Waals surface area contributed by atoms with Gasteiger partial charge < -0.3 is 5.11 Å². The monoisotopic (exact) mass is 166 g/mol. The van der Waals surface area contributed by atoms with Gasteiger partial charge in [-0.3, -0.25) is 0 Å². The van der Waals surface area contributed by atoms with Crippen molar-refractivity contribution in [3.63, 3.8) is 0 Å². The van der Waals surface area contributed by atoms with Gasteiger partial charge in [0, 0.05) is 4.90 Å². The van der Waals surface area contributed by atoms with Crippen LogP contribution in [-0.4, -0.2) is 5.11 Å². The Morgan fingerprint density at radius 1 is 1.55 bits per heavy atom. The molecule has 0 bridgehead atoms. The molecule has 0 aliphatic heterocycles. The van der Waals surface area contributed by atoms with E-state index in [1.54, 1.807) is 23.2 Å². The van der Waals surface area contributed by atoms with Gasteiger partial charge in [0.25, 0.3) is 0 Å². The summed E-state index contributed by atoms with van der Waals surface area (Å²) in [6.45, 7) is 5.49. The molecule has 0 heterocycles. The average molecular weight is 166 g/mol. The van der Waals surface area contributed by atoms with Crippen LogP contribution < -0.4 is 0 Å². The van der Waals surface area contributed by atoms with E-state index in [2.05, 4.69) is 6.58 Å². The summed E-state index contributed by atoms with van der Waals surface area (Å²) in [6, 6.07) is 5.50. The Hall–Kier alpha value is -0.890. The molecule has 0 unspecified atom stereocenters. The van der Waals surface area contributed by atoms with Crippen molar-refractivity contribution < 1.29 is 5.11 Å². The maximum atomic E-state index is 9.18. The Labute approximate surface area is 70.8 Å². The Bertz CT molecular complexity index is 268. The topological polar surface area (TPSA) is 20.2 Å². The molecule has 1 aromatic rings. The number of aryl methyl sites for hydroxylation is 1. The van der Waals surface area contributed by atoms with Crippen LogP contribution in [0.15, 0.2) is 35.1 Å². The molecule has 0 fully saturated rings. The zero-order chi connectivity index (χ0) is 8.27. The van der Waals surface area contributed by atoms with Gasteiger partial charge in [-0.15, -0.1) is 0 Å². The van der Waals surface area contributed by atoms with E-state index in [4.69, 9.17) is 0 Å². The summed E-state index contributed by atoms with van der Waals surface area (Å²) in [5.41, 5.74) is 0.900. The Balaban J connectivity index is 2.95. The molecule has 0 amide bonds. The van der Waals surface area contributed by atoms with Gasteiger partial charge in [0.2, 0.25) is 0 Å². The number of hydrogen-bond donors (Lipinski definition) is 1. The maximum Gasteiger partial charge on any atom is 0.118 e. The number of hydrogen-bond acceptors (Lipinski definition) is 2. The van der Waals surface area contributed by atoms with Gasteiger partial charge in [0.1, 0.15) is 5.75 Å². The second-order valence-electron chi connectivity index (χ2n) is 2.23. The molecule has 1 rings (SSSR count). The van der Waals surface area contributed by atoms with Crippen LogP contribution in [0, 0.1) is 6.92 Å². The maximum absolute atomic E-state index is 9.18. The van der Waals surface area contributed by atoms with Crippen LogP contribution in [0.25, 0.3) is 0 Å². The van der Waals surface area contributed by atoms with Crippen LogP contribution in [0.4, 0.5) is 0 Å². The van der Waals surface area contributed by atoms with Gasteiger partial charge in [-0.25, -0.2) is 0 Å². The van der Waals surface area contributed by atoms with Crippen LogP contribution in [0.1, 0.15) is 5.56 Å². The number of rotatable bonds is 2. The molecule has 58 valence electrons. The lowest BCUT2D eigenvalue weighted by Crippen LogP contribution is -1.74. The van der Waals surface area contributed by atoms with Crippen molar-refractivity contribution in [1.29, 1.82) is 0 Å². The summed E-state index contributed by atoms with van der Waals surface area (Å²) in [4.78, 5) is 1.11. The molecule has 11 heavy (non-hydrogen) atoms. The SMILES string of the molecule is C=CSc1ccc(O)c(C)c1. The molecule has 0 spiro atoms. The first-order valence-corrected chi connectivity index (χ1v) is 4.19. The normalized spacial score (nSPS) is 9.55. The number of phenolic OH excluding ortho intramolecular Hbond substituents is 1. The number of benzene rings is 1. The summed E-state index contributed by atoms with van der Waals surface area (Å²) in [5, 5.41) is 10.9. The first kappa shape index (κ1) is 8.21. The Morgan fingerprint density at radius 2 is 2.27 bits per heavy atom. The molecule has 2 heteroatoms. The minimum Gasteiger partial charge on any atom is -0.508 e. The van der Waals surface area contributed by atoms with Crippen molar-refractivity contribution in [2.45, 2.75) is 11.8 Å². The van der Waals surface area contributed by atoms with Crippen molar-refractivity contribution in [1.82, 2.24) is 0 Å². The van der Waals surface area contributed by atoms with Crippen molar-refractivity contribution in [3.05, 3.63) is 35.7 Å². The van der Waals surface area contributed by atoms with Crippen LogP contribution in [0.3, 0.4) is 0 Å².